The zero-order chi connectivity index (χ0) is 34.4. The fourth-order valence-electron chi connectivity index (χ4n) is 9.11. The maximum Gasteiger partial charge on any atom is 0.247 e. The zero-order valence-corrected chi connectivity index (χ0v) is 29.5. The van der Waals surface area contributed by atoms with Gasteiger partial charge in [0.1, 0.15) is 18.5 Å². The SMILES string of the molecule is CCCCCCCCCCCC(=O)N(C[C@@H]1CC[C@H]2C[C@@H]1C2(C)C)[C@@H]1C=C(C(=O)NCCO)[C@@H]2c3cc(C=O)cc(OC)c3O[C@@H]2[C@H]1O. The van der Waals surface area contributed by atoms with E-state index in [1.54, 1.807) is 18.2 Å². The highest BCUT2D eigenvalue weighted by atomic mass is 16.5. The highest BCUT2D eigenvalue weighted by molar-refractivity contribution is 5.96. The second-order valence-corrected chi connectivity index (χ2v) is 15.2. The van der Waals surface area contributed by atoms with Crippen LogP contribution in [0.1, 0.15) is 126 Å². The highest BCUT2D eigenvalue weighted by Crippen LogP contribution is 2.61. The molecule has 1 aromatic rings. The number of methoxy groups -OCH3 is 1. The summed E-state index contributed by atoms with van der Waals surface area (Å²) < 4.78 is 12.0. The molecule has 0 aromatic heterocycles. The average molecular weight is 667 g/mol. The summed E-state index contributed by atoms with van der Waals surface area (Å²) in [6.07, 6.45) is 14.7. The summed E-state index contributed by atoms with van der Waals surface area (Å²) in [5.74, 6) is 1.24. The van der Waals surface area contributed by atoms with Crippen LogP contribution in [0.5, 0.6) is 11.5 Å². The van der Waals surface area contributed by atoms with Crippen LogP contribution in [0.15, 0.2) is 23.8 Å². The summed E-state index contributed by atoms with van der Waals surface area (Å²) in [5, 5.41) is 24.4. The molecular formula is C39H58N2O7. The molecule has 0 spiro atoms. The van der Waals surface area contributed by atoms with E-state index >= 15 is 0 Å². The lowest BCUT2D eigenvalue weighted by atomic mass is 9.45. The maximum atomic E-state index is 14.2. The summed E-state index contributed by atoms with van der Waals surface area (Å²) in [5.41, 5.74) is 1.56. The van der Waals surface area contributed by atoms with Crippen molar-refractivity contribution in [2.45, 2.75) is 128 Å². The van der Waals surface area contributed by atoms with Gasteiger partial charge in [-0.15, -0.1) is 0 Å². The summed E-state index contributed by atoms with van der Waals surface area (Å²) in [6.45, 7) is 7.30. The fraction of sp³-hybridized carbons (Fsp3) is 0.718. The number of fused-ring (bicyclic) bond motifs is 5. The third-order valence-electron chi connectivity index (χ3n) is 12.0. The fourth-order valence-corrected chi connectivity index (χ4v) is 9.11. The first-order valence-corrected chi connectivity index (χ1v) is 18.6. The number of unbranched alkanes of at least 4 members (excludes halogenated alkanes) is 8. The summed E-state index contributed by atoms with van der Waals surface area (Å²) in [6, 6.07) is 2.50. The second-order valence-electron chi connectivity index (χ2n) is 15.2. The van der Waals surface area contributed by atoms with Crippen molar-refractivity contribution in [3.63, 3.8) is 0 Å². The smallest absolute Gasteiger partial charge is 0.247 e. The van der Waals surface area contributed by atoms with Crippen LogP contribution >= 0.6 is 0 Å². The van der Waals surface area contributed by atoms with Crippen LogP contribution < -0.4 is 14.8 Å². The van der Waals surface area contributed by atoms with Gasteiger partial charge in [0.05, 0.1) is 25.7 Å². The highest BCUT2D eigenvalue weighted by Gasteiger charge is 2.56. The number of carbonyl (C=O) groups is 3. The van der Waals surface area contributed by atoms with Gasteiger partial charge in [-0.05, 0) is 67.1 Å². The molecule has 1 aliphatic heterocycles. The third kappa shape index (κ3) is 7.47. The van der Waals surface area contributed by atoms with Crippen molar-refractivity contribution in [3.8, 4) is 11.5 Å². The van der Waals surface area contributed by atoms with Crippen molar-refractivity contribution in [3.05, 3.63) is 34.9 Å². The molecule has 0 radical (unpaired) electrons. The average Bonchev–Trinajstić information content (AvgIpc) is 3.48. The van der Waals surface area contributed by atoms with Gasteiger partial charge in [0.25, 0.3) is 0 Å². The number of aldehydes is 1. The Kier molecular flexibility index (Phi) is 12.3. The first-order valence-electron chi connectivity index (χ1n) is 18.6. The van der Waals surface area contributed by atoms with E-state index in [0.29, 0.717) is 53.0 Å². The second kappa shape index (κ2) is 16.2. The molecule has 4 aliphatic carbocycles. The van der Waals surface area contributed by atoms with E-state index in [1.165, 1.54) is 52.1 Å². The number of hydrogen-bond acceptors (Lipinski definition) is 7. The molecular weight excluding hydrogens is 608 g/mol. The Morgan fingerprint density at radius 1 is 1.08 bits per heavy atom. The molecule has 48 heavy (non-hydrogen) atoms. The Hall–Kier alpha value is -2.91. The lowest BCUT2D eigenvalue weighted by molar-refractivity contribution is -0.146. The van der Waals surface area contributed by atoms with Crippen LogP contribution in [0.4, 0.5) is 0 Å². The van der Waals surface area contributed by atoms with E-state index in [-0.39, 0.29) is 24.5 Å². The van der Waals surface area contributed by atoms with E-state index < -0.39 is 30.1 Å². The van der Waals surface area contributed by atoms with E-state index in [1.807, 2.05) is 4.90 Å². The summed E-state index contributed by atoms with van der Waals surface area (Å²) >= 11 is 0. The lowest BCUT2D eigenvalue weighted by Crippen LogP contribution is -2.59. The Balaban J connectivity index is 1.41. The molecule has 2 amide bonds. The van der Waals surface area contributed by atoms with Crippen molar-refractivity contribution in [1.29, 1.82) is 0 Å². The molecule has 3 saturated carbocycles. The van der Waals surface area contributed by atoms with Crippen molar-refractivity contribution < 1.29 is 34.1 Å². The van der Waals surface area contributed by atoms with Crippen LogP contribution in [0, 0.1) is 23.2 Å². The number of rotatable bonds is 18. The van der Waals surface area contributed by atoms with Gasteiger partial charge < -0.3 is 29.9 Å². The molecule has 9 nitrogen and oxygen atoms in total. The van der Waals surface area contributed by atoms with Crippen LogP contribution in [-0.4, -0.2) is 78.3 Å². The Morgan fingerprint density at radius 2 is 1.79 bits per heavy atom. The van der Waals surface area contributed by atoms with Gasteiger partial charge in [-0.2, -0.15) is 0 Å². The minimum Gasteiger partial charge on any atom is -0.493 e. The van der Waals surface area contributed by atoms with Gasteiger partial charge in [-0.3, -0.25) is 14.4 Å². The predicted octanol–water partition coefficient (Wildman–Crippen LogP) is 5.95. The first-order chi connectivity index (χ1) is 23.2. The lowest BCUT2D eigenvalue weighted by Gasteiger charge is -2.61. The molecule has 266 valence electrons. The standard InChI is InChI=1S/C39H58N2O7/c1-5-6-7-8-9-10-11-12-13-14-33(44)41(23-26-15-16-27-21-30(26)39(27,2)3)31-22-29(38(46)40-17-18-42)34-28-19-25(24-43)20-32(47-4)36(28)48-37(34)35(31)45/h19-20,22,24,26-27,30-31,34-35,37,42,45H,5-18,21,23H2,1-4H3,(H,40,46)/t26-,27-,30-,31+,34-,35-,37-/m0/s1. The Labute approximate surface area is 286 Å². The molecule has 3 fully saturated rings. The van der Waals surface area contributed by atoms with E-state index in [4.69, 9.17) is 9.47 Å². The topological polar surface area (TPSA) is 125 Å². The van der Waals surface area contributed by atoms with Gasteiger partial charge >= 0.3 is 0 Å². The van der Waals surface area contributed by atoms with Gasteiger partial charge in [0, 0.05) is 36.2 Å². The number of carbonyl (C=O) groups excluding carboxylic acids is 3. The van der Waals surface area contributed by atoms with Crippen molar-refractivity contribution in [1.82, 2.24) is 10.2 Å². The molecule has 1 heterocycles. The molecule has 2 bridgehead atoms. The molecule has 1 aromatic carbocycles. The molecule has 7 atom stereocenters. The monoisotopic (exact) mass is 666 g/mol. The molecule has 0 saturated heterocycles. The molecule has 0 unspecified atom stereocenters. The van der Waals surface area contributed by atoms with E-state index in [9.17, 15) is 24.6 Å². The molecule has 9 heteroatoms. The Bertz CT molecular complexity index is 1320. The Morgan fingerprint density at radius 3 is 2.42 bits per heavy atom. The minimum atomic E-state index is -1.11. The summed E-state index contributed by atoms with van der Waals surface area (Å²) in [4.78, 5) is 41.6. The number of amides is 2. The third-order valence-corrected chi connectivity index (χ3v) is 12.0. The molecule has 5 aliphatic rings. The van der Waals surface area contributed by atoms with E-state index in [0.717, 1.165) is 44.3 Å². The number of aliphatic hydroxyl groups excluding tert-OH is 2. The van der Waals surface area contributed by atoms with Crippen LogP contribution in [0.2, 0.25) is 0 Å². The maximum absolute atomic E-state index is 14.2. The van der Waals surface area contributed by atoms with E-state index in [2.05, 4.69) is 26.1 Å². The number of hydrogen-bond donors (Lipinski definition) is 3. The van der Waals surface area contributed by atoms with Crippen molar-refractivity contribution in [2.75, 3.05) is 26.8 Å². The van der Waals surface area contributed by atoms with Gasteiger partial charge in [0.2, 0.25) is 11.8 Å². The molecule has 6 rings (SSSR count). The predicted molar refractivity (Wildman–Crippen MR) is 185 cm³/mol. The van der Waals surface area contributed by atoms with Crippen molar-refractivity contribution in [2.24, 2.45) is 23.2 Å². The zero-order valence-electron chi connectivity index (χ0n) is 29.5. The number of nitrogens with one attached hydrogen (secondary N) is 1. The number of nitrogens with zero attached hydrogens (tertiary/aromatic N) is 1. The summed E-state index contributed by atoms with van der Waals surface area (Å²) in [7, 11) is 1.49. The number of benzene rings is 1. The van der Waals surface area contributed by atoms with Crippen molar-refractivity contribution >= 4 is 18.1 Å². The van der Waals surface area contributed by atoms with Crippen LogP contribution in [-0.2, 0) is 9.59 Å². The first kappa shape index (κ1) is 36.4. The number of aliphatic hydroxyl groups is 2. The normalized spacial score (nSPS) is 27.9. The van der Waals surface area contributed by atoms with Gasteiger partial charge in [0.15, 0.2) is 11.5 Å². The van der Waals surface area contributed by atoms with Crippen LogP contribution in [0.3, 0.4) is 0 Å². The van der Waals surface area contributed by atoms with Gasteiger partial charge in [-0.1, -0.05) is 72.1 Å². The quantitative estimate of drug-likeness (QED) is 0.131. The van der Waals surface area contributed by atoms with Gasteiger partial charge in [-0.25, -0.2) is 0 Å². The largest absolute Gasteiger partial charge is 0.493 e. The molecule has 3 N–H and O–H groups in total. The number of ether oxygens (including phenoxy) is 2. The minimum absolute atomic E-state index is 0.00222. The van der Waals surface area contributed by atoms with Crippen LogP contribution in [0.25, 0.3) is 0 Å².